The van der Waals surface area contributed by atoms with Gasteiger partial charge in [0.1, 0.15) is 17.8 Å². The Morgan fingerprint density at radius 3 is 2.58 bits per heavy atom. The smallest absolute Gasteiger partial charge is 0.348 e. The number of carbonyl (C=O) groups excluding carboxylic acids is 1. The predicted octanol–water partition coefficient (Wildman–Crippen LogP) is 0.618. The minimum absolute atomic E-state index is 0.113. The van der Waals surface area contributed by atoms with Crippen molar-refractivity contribution in [2.24, 2.45) is 0 Å². The summed E-state index contributed by atoms with van der Waals surface area (Å²) in [5.41, 5.74) is -3.41. The molecule has 1 aromatic carbocycles. The Labute approximate surface area is 249 Å². The van der Waals surface area contributed by atoms with Crippen molar-refractivity contribution < 1.29 is 44.3 Å². The molecule has 4 heterocycles. The van der Waals surface area contributed by atoms with E-state index < -0.39 is 54.6 Å². The third-order valence-corrected chi connectivity index (χ3v) is 7.85. The van der Waals surface area contributed by atoms with Gasteiger partial charge in [0.2, 0.25) is 5.28 Å². The molecule has 2 saturated heterocycles. The summed E-state index contributed by atoms with van der Waals surface area (Å²) in [5.74, 6) is -3.24. The molecule has 17 heteroatoms. The molecule has 0 bridgehead atoms. The van der Waals surface area contributed by atoms with E-state index in [1.165, 1.54) is 34.9 Å². The van der Waals surface area contributed by atoms with Gasteiger partial charge in [-0.1, -0.05) is 12.1 Å². The molecule has 16 nitrogen and oxygen atoms in total. The van der Waals surface area contributed by atoms with Crippen LogP contribution in [0.1, 0.15) is 25.1 Å². The Bertz CT molecular complexity index is 1530. The number of rotatable bonds is 10. The van der Waals surface area contributed by atoms with Gasteiger partial charge in [0, 0.05) is 32.2 Å². The lowest BCUT2D eigenvalue weighted by Gasteiger charge is -2.31. The van der Waals surface area contributed by atoms with Crippen molar-refractivity contribution in [3.63, 3.8) is 0 Å². The molecule has 6 N–H and O–H groups in total. The molecule has 3 aromatic rings. The van der Waals surface area contributed by atoms with Gasteiger partial charge in [0.25, 0.3) is 5.60 Å². The number of hydrogen-bond donors (Lipinski definition) is 6. The maximum Gasteiger partial charge on any atom is 0.348 e. The summed E-state index contributed by atoms with van der Waals surface area (Å²) in [7, 11) is 1.61. The van der Waals surface area contributed by atoms with Crippen molar-refractivity contribution in [3.05, 3.63) is 41.4 Å². The quantitative estimate of drug-likeness (QED) is 0.135. The topological polar surface area (TPSA) is 221 Å². The first kappa shape index (κ1) is 30.4. The number of nitrogens with one attached hydrogen (secondary N) is 2. The van der Waals surface area contributed by atoms with Gasteiger partial charge < -0.3 is 40.5 Å². The second kappa shape index (κ2) is 11.5. The van der Waals surface area contributed by atoms with Crippen LogP contribution < -0.4 is 15.5 Å². The number of carboxylic acid groups (broad SMARTS) is 2. The van der Waals surface area contributed by atoms with Crippen LogP contribution in [0.15, 0.2) is 30.6 Å². The largest absolute Gasteiger partial charge is 0.479 e. The average Bonchev–Trinajstić information content (AvgIpc) is 3.48. The monoisotopic (exact) mass is 619 g/mol. The molecular weight excluding hydrogens is 590 g/mol. The van der Waals surface area contributed by atoms with Crippen LogP contribution in [-0.4, -0.2) is 108 Å². The lowest BCUT2D eigenvalue weighted by Crippen LogP contribution is -2.54. The zero-order chi connectivity index (χ0) is 31.1. The third kappa shape index (κ3) is 5.43. The lowest BCUT2D eigenvalue weighted by atomic mass is 9.92. The summed E-state index contributed by atoms with van der Waals surface area (Å²) < 4.78 is 12.8. The van der Waals surface area contributed by atoms with E-state index in [4.69, 9.17) is 21.1 Å². The Morgan fingerprint density at radius 1 is 1.26 bits per heavy atom. The number of imidazole rings is 1. The van der Waals surface area contributed by atoms with Gasteiger partial charge in [-0.05, 0) is 42.6 Å². The zero-order valence-corrected chi connectivity index (χ0v) is 23.9. The molecule has 2 aliphatic heterocycles. The fraction of sp³-hybridized carbons (Fsp3) is 0.462. The second-order valence-electron chi connectivity index (χ2n) is 10.4. The van der Waals surface area contributed by atoms with E-state index in [0.717, 1.165) is 6.42 Å². The summed E-state index contributed by atoms with van der Waals surface area (Å²) in [5, 5.41) is 47.7. The second-order valence-corrected chi connectivity index (χ2v) is 10.8. The minimum Gasteiger partial charge on any atom is -0.479 e. The van der Waals surface area contributed by atoms with Gasteiger partial charge >= 0.3 is 18.0 Å². The number of carbonyl (C=O) groups is 3. The highest BCUT2D eigenvalue weighted by molar-refractivity contribution is 6.28. The normalized spacial score (nSPS) is 24.3. The third-order valence-electron chi connectivity index (χ3n) is 7.68. The van der Waals surface area contributed by atoms with Gasteiger partial charge in [-0.15, -0.1) is 0 Å². The molecule has 0 aliphatic carbocycles. The zero-order valence-electron chi connectivity index (χ0n) is 23.1. The molecule has 43 heavy (non-hydrogen) atoms. The summed E-state index contributed by atoms with van der Waals surface area (Å²) in [6.45, 7) is 1.61. The fourth-order valence-corrected chi connectivity index (χ4v) is 5.29. The minimum atomic E-state index is -2.77. The number of halogens is 1. The first-order valence-electron chi connectivity index (χ1n) is 13.3. The van der Waals surface area contributed by atoms with E-state index in [1.54, 1.807) is 19.2 Å². The van der Waals surface area contributed by atoms with Crippen LogP contribution in [0.4, 0.5) is 16.3 Å². The molecule has 5 rings (SSSR count). The molecule has 0 spiro atoms. The van der Waals surface area contributed by atoms with Crippen LogP contribution in [0.3, 0.4) is 0 Å². The number of anilines is 2. The molecule has 4 atom stereocenters. The number of benzene rings is 1. The SMILES string of the molecule is CNc1nc(Cl)nc2c1ncn2[C@@H]1O[C@H](COC(Cc2ccc(N3CCCNC3=O)cc2)(C(=O)O)C(=O)O)[C@@](C)(O)[C@H]1O. The number of aliphatic hydroxyl groups is 2. The molecule has 230 valence electrons. The van der Waals surface area contributed by atoms with Crippen molar-refractivity contribution in [1.82, 2.24) is 24.8 Å². The molecule has 0 radical (unpaired) electrons. The Morgan fingerprint density at radius 2 is 1.95 bits per heavy atom. The first-order valence-corrected chi connectivity index (χ1v) is 13.7. The molecule has 2 fully saturated rings. The van der Waals surface area contributed by atoms with Crippen molar-refractivity contribution in [2.45, 2.75) is 49.4 Å². The van der Waals surface area contributed by atoms with Crippen LogP contribution in [-0.2, 0) is 25.5 Å². The summed E-state index contributed by atoms with van der Waals surface area (Å²) >= 11 is 6.03. The van der Waals surface area contributed by atoms with E-state index in [9.17, 15) is 34.8 Å². The Balaban J connectivity index is 1.37. The fourth-order valence-electron chi connectivity index (χ4n) is 5.13. The van der Waals surface area contributed by atoms with Crippen LogP contribution in [0.5, 0.6) is 0 Å². The number of amides is 2. The lowest BCUT2D eigenvalue weighted by molar-refractivity contribution is -0.192. The molecular formula is C26H30ClN7O9. The number of aliphatic hydroxyl groups excluding tert-OH is 1. The number of hydrogen-bond acceptors (Lipinski definition) is 11. The van der Waals surface area contributed by atoms with Gasteiger partial charge in [-0.2, -0.15) is 9.97 Å². The number of fused-ring (bicyclic) bond motifs is 1. The molecule has 2 amide bonds. The molecule has 2 aliphatic rings. The number of carboxylic acids is 2. The first-order chi connectivity index (χ1) is 20.4. The van der Waals surface area contributed by atoms with Crippen LogP contribution in [0.2, 0.25) is 5.28 Å². The highest BCUT2D eigenvalue weighted by atomic mass is 35.5. The highest BCUT2D eigenvalue weighted by Crippen LogP contribution is 2.39. The number of urea groups is 1. The molecule has 0 unspecified atom stereocenters. The van der Waals surface area contributed by atoms with E-state index >= 15 is 0 Å². The standard InChI is InChI=1S/C26H30ClN7O9/c1-25(41)15(43-20(17(25)35)34-12-30-16-18(28-2)31-23(27)32-19(16)34)11-42-26(21(36)37,22(38)39)10-13-4-6-14(7-5-13)33-9-3-8-29-24(33)40/h4-7,12,15,17,20,35,41H,3,8-11H2,1-2H3,(H,29,40)(H,36,37)(H,38,39)(H,28,31,32)/t15-,17+,20-,25-/m1/s1. The van der Waals surface area contributed by atoms with Crippen LogP contribution in [0.25, 0.3) is 11.2 Å². The van der Waals surface area contributed by atoms with Crippen molar-refractivity contribution in [1.29, 1.82) is 0 Å². The average molecular weight is 620 g/mol. The van der Waals surface area contributed by atoms with E-state index in [0.29, 0.717) is 35.7 Å². The number of aromatic nitrogens is 4. The summed E-state index contributed by atoms with van der Waals surface area (Å²) in [6.07, 6.45) is -2.76. The van der Waals surface area contributed by atoms with Gasteiger partial charge in [0.05, 0.1) is 12.9 Å². The van der Waals surface area contributed by atoms with Gasteiger partial charge in [-0.3, -0.25) is 9.47 Å². The number of nitrogens with zero attached hydrogens (tertiary/aromatic N) is 5. The summed E-state index contributed by atoms with van der Waals surface area (Å²) in [4.78, 5) is 50.9. The van der Waals surface area contributed by atoms with E-state index in [-0.39, 0.29) is 17.0 Å². The van der Waals surface area contributed by atoms with E-state index in [1.807, 2.05) is 0 Å². The van der Waals surface area contributed by atoms with Crippen molar-refractivity contribution in [3.8, 4) is 0 Å². The maximum absolute atomic E-state index is 12.4. The Hall–Kier alpha value is -4.09. The number of ether oxygens (including phenoxy) is 2. The Kier molecular flexibility index (Phi) is 8.15. The molecule has 0 saturated carbocycles. The van der Waals surface area contributed by atoms with Crippen molar-refractivity contribution >= 4 is 52.2 Å². The van der Waals surface area contributed by atoms with Gasteiger partial charge in [-0.25, -0.2) is 19.4 Å². The maximum atomic E-state index is 12.4. The van der Waals surface area contributed by atoms with E-state index in [2.05, 4.69) is 25.6 Å². The summed E-state index contributed by atoms with van der Waals surface area (Å²) in [6, 6.07) is 5.94. The molecule has 2 aromatic heterocycles. The van der Waals surface area contributed by atoms with Crippen molar-refractivity contribution in [2.75, 3.05) is 37.0 Å². The predicted molar refractivity (Wildman–Crippen MR) is 150 cm³/mol. The van der Waals surface area contributed by atoms with Gasteiger partial charge in [0.15, 0.2) is 23.2 Å². The number of aliphatic carboxylic acids is 2. The highest BCUT2D eigenvalue weighted by Gasteiger charge is 2.56. The van der Waals surface area contributed by atoms with Crippen LogP contribution in [0, 0.1) is 0 Å². The van der Waals surface area contributed by atoms with Crippen LogP contribution >= 0.6 is 11.6 Å².